The van der Waals surface area contributed by atoms with Gasteiger partial charge in [0.25, 0.3) is 5.91 Å². The molecular weight excluding hydrogens is 374 g/mol. The molecular formula is C18H16BrNO4. The molecule has 1 amide bonds. The topological polar surface area (TPSA) is 72.5 Å². The molecule has 0 aromatic heterocycles. The molecule has 0 saturated heterocycles. The highest BCUT2D eigenvalue weighted by molar-refractivity contribution is 9.09. The molecule has 0 aliphatic rings. The number of hydrogen-bond acceptors (Lipinski definition) is 4. The fourth-order valence-electron chi connectivity index (χ4n) is 2.05. The van der Waals surface area contributed by atoms with Crippen LogP contribution in [-0.2, 0) is 11.3 Å². The van der Waals surface area contributed by atoms with E-state index in [4.69, 9.17) is 0 Å². The Bertz CT molecular complexity index is 739. The number of benzene rings is 2. The van der Waals surface area contributed by atoms with Gasteiger partial charge in [-0.2, -0.15) is 0 Å². The molecule has 2 aromatic rings. The number of rotatable bonds is 6. The number of carbonyl (C=O) groups excluding carboxylic acids is 3. The summed E-state index contributed by atoms with van der Waals surface area (Å²) in [7, 11) is 1.33. The molecule has 0 heterocycles. The number of methoxy groups -OCH3 is 1. The zero-order chi connectivity index (χ0) is 17.5. The molecule has 6 heteroatoms. The van der Waals surface area contributed by atoms with Gasteiger partial charge in [0.05, 0.1) is 18.0 Å². The van der Waals surface area contributed by atoms with Gasteiger partial charge in [-0.1, -0.05) is 40.2 Å². The fraction of sp³-hybridized carbons (Fsp3) is 0.167. The Morgan fingerprint density at radius 1 is 0.917 bits per heavy atom. The maximum absolute atomic E-state index is 12.1. The van der Waals surface area contributed by atoms with Crippen LogP contribution in [0.5, 0.6) is 0 Å². The Hall–Kier alpha value is -2.47. The zero-order valence-electron chi connectivity index (χ0n) is 13.0. The molecule has 5 nitrogen and oxygen atoms in total. The van der Waals surface area contributed by atoms with Crippen molar-refractivity contribution in [2.45, 2.75) is 6.54 Å². The number of amides is 1. The summed E-state index contributed by atoms with van der Waals surface area (Å²) in [4.78, 5) is 35.0. The highest BCUT2D eigenvalue weighted by Gasteiger charge is 2.09. The summed E-state index contributed by atoms with van der Waals surface area (Å²) in [5.74, 6) is -0.666. The maximum Gasteiger partial charge on any atom is 0.337 e. The predicted molar refractivity (Wildman–Crippen MR) is 93.5 cm³/mol. The van der Waals surface area contributed by atoms with E-state index in [0.717, 1.165) is 5.56 Å². The van der Waals surface area contributed by atoms with E-state index in [1.807, 2.05) is 0 Å². The van der Waals surface area contributed by atoms with Crippen molar-refractivity contribution in [3.63, 3.8) is 0 Å². The molecule has 2 aromatic carbocycles. The monoisotopic (exact) mass is 389 g/mol. The smallest absolute Gasteiger partial charge is 0.337 e. The normalized spacial score (nSPS) is 10.1. The van der Waals surface area contributed by atoms with E-state index in [9.17, 15) is 14.4 Å². The summed E-state index contributed by atoms with van der Waals surface area (Å²) in [5.41, 5.74) is 2.36. The van der Waals surface area contributed by atoms with E-state index in [1.54, 1.807) is 48.5 Å². The second-order valence-electron chi connectivity index (χ2n) is 5.01. The molecule has 0 fully saturated rings. The molecule has 0 aliphatic carbocycles. The van der Waals surface area contributed by atoms with Crippen molar-refractivity contribution in [1.82, 2.24) is 5.32 Å². The van der Waals surface area contributed by atoms with Crippen LogP contribution < -0.4 is 5.32 Å². The summed E-state index contributed by atoms with van der Waals surface area (Å²) in [6, 6.07) is 13.3. The third-order valence-electron chi connectivity index (χ3n) is 3.42. The molecule has 0 atom stereocenters. The first-order valence-corrected chi connectivity index (χ1v) is 8.32. The highest BCUT2D eigenvalue weighted by Crippen LogP contribution is 2.08. The van der Waals surface area contributed by atoms with Gasteiger partial charge in [0.15, 0.2) is 5.78 Å². The minimum Gasteiger partial charge on any atom is -0.465 e. The second kappa shape index (κ2) is 8.40. The van der Waals surface area contributed by atoms with E-state index in [-0.39, 0.29) is 17.0 Å². The van der Waals surface area contributed by atoms with Crippen LogP contribution in [0.25, 0.3) is 0 Å². The zero-order valence-corrected chi connectivity index (χ0v) is 14.6. The number of ether oxygens (including phenoxy) is 1. The molecule has 2 rings (SSSR count). The Labute approximate surface area is 148 Å². The molecule has 124 valence electrons. The lowest BCUT2D eigenvalue weighted by atomic mass is 10.1. The van der Waals surface area contributed by atoms with Crippen LogP contribution in [0.15, 0.2) is 48.5 Å². The van der Waals surface area contributed by atoms with E-state index >= 15 is 0 Å². The van der Waals surface area contributed by atoms with E-state index < -0.39 is 5.97 Å². The number of esters is 1. The van der Waals surface area contributed by atoms with Crippen LogP contribution in [-0.4, -0.2) is 30.1 Å². The maximum atomic E-state index is 12.1. The van der Waals surface area contributed by atoms with Crippen LogP contribution in [0.1, 0.15) is 36.6 Å². The first-order valence-electron chi connectivity index (χ1n) is 7.20. The number of halogens is 1. The van der Waals surface area contributed by atoms with Crippen LogP contribution in [0.4, 0.5) is 0 Å². The number of ketones is 1. The highest BCUT2D eigenvalue weighted by atomic mass is 79.9. The van der Waals surface area contributed by atoms with Crippen molar-refractivity contribution in [2.24, 2.45) is 0 Å². The number of Topliss-reactive ketones (excluding diaryl/α,β-unsaturated/α-hetero) is 1. The summed E-state index contributed by atoms with van der Waals surface area (Å²) in [6.07, 6.45) is 0. The van der Waals surface area contributed by atoms with E-state index in [1.165, 1.54) is 7.11 Å². The van der Waals surface area contributed by atoms with E-state index in [0.29, 0.717) is 23.2 Å². The fourth-order valence-corrected chi connectivity index (χ4v) is 2.37. The van der Waals surface area contributed by atoms with Gasteiger partial charge in [-0.3, -0.25) is 9.59 Å². The van der Waals surface area contributed by atoms with Crippen molar-refractivity contribution in [2.75, 3.05) is 12.4 Å². The van der Waals surface area contributed by atoms with Gasteiger partial charge in [-0.15, -0.1) is 0 Å². The molecule has 0 spiro atoms. The molecule has 0 radical (unpaired) electrons. The lowest BCUT2D eigenvalue weighted by Crippen LogP contribution is -2.22. The van der Waals surface area contributed by atoms with Gasteiger partial charge in [-0.05, 0) is 29.8 Å². The quantitative estimate of drug-likeness (QED) is 0.468. The van der Waals surface area contributed by atoms with Gasteiger partial charge in [0.2, 0.25) is 0 Å². The molecule has 0 bridgehead atoms. The minimum absolute atomic E-state index is 0.0346. The standard InChI is InChI=1S/C18H16BrNO4/c1-24-18(23)15-4-2-12(3-5-15)11-20-17(22)14-8-6-13(7-9-14)16(21)10-19/h2-9H,10-11H2,1H3,(H,20,22). The molecule has 0 aliphatic heterocycles. The Morgan fingerprint density at radius 2 is 1.46 bits per heavy atom. The van der Waals surface area contributed by atoms with Crippen LogP contribution >= 0.6 is 15.9 Å². The number of alkyl halides is 1. The third-order valence-corrected chi connectivity index (χ3v) is 3.93. The van der Waals surface area contributed by atoms with Gasteiger partial charge in [-0.25, -0.2) is 4.79 Å². The summed E-state index contributed by atoms with van der Waals surface area (Å²) in [6.45, 7) is 0.336. The number of carbonyl (C=O) groups is 3. The van der Waals surface area contributed by atoms with Crippen molar-refractivity contribution in [3.8, 4) is 0 Å². The lowest BCUT2D eigenvalue weighted by Gasteiger charge is -2.07. The Morgan fingerprint density at radius 3 is 2.00 bits per heavy atom. The second-order valence-corrected chi connectivity index (χ2v) is 5.57. The van der Waals surface area contributed by atoms with Crippen molar-refractivity contribution in [1.29, 1.82) is 0 Å². The van der Waals surface area contributed by atoms with Gasteiger partial charge < -0.3 is 10.1 Å². The first-order chi connectivity index (χ1) is 11.5. The average molecular weight is 390 g/mol. The van der Waals surface area contributed by atoms with E-state index in [2.05, 4.69) is 26.0 Å². The molecule has 0 saturated carbocycles. The van der Waals surface area contributed by atoms with Gasteiger partial charge in [0.1, 0.15) is 0 Å². The Balaban J connectivity index is 1.95. The largest absolute Gasteiger partial charge is 0.465 e. The summed E-state index contributed by atoms with van der Waals surface area (Å²) in [5, 5.41) is 3.04. The number of hydrogen-bond donors (Lipinski definition) is 1. The van der Waals surface area contributed by atoms with Crippen molar-refractivity contribution in [3.05, 3.63) is 70.8 Å². The number of nitrogens with one attached hydrogen (secondary N) is 1. The third kappa shape index (κ3) is 4.52. The molecule has 1 N–H and O–H groups in total. The lowest BCUT2D eigenvalue weighted by molar-refractivity contribution is 0.0600. The Kier molecular flexibility index (Phi) is 6.26. The van der Waals surface area contributed by atoms with Crippen LogP contribution in [0.3, 0.4) is 0 Å². The van der Waals surface area contributed by atoms with Gasteiger partial charge in [0, 0.05) is 17.7 Å². The van der Waals surface area contributed by atoms with Crippen molar-refractivity contribution >= 4 is 33.6 Å². The van der Waals surface area contributed by atoms with Gasteiger partial charge >= 0.3 is 5.97 Å². The van der Waals surface area contributed by atoms with Crippen LogP contribution in [0, 0.1) is 0 Å². The SMILES string of the molecule is COC(=O)c1ccc(CNC(=O)c2ccc(C(=O)CBr)cc2)cc1. The summed E-state index contributed by atoms with van der Waals surface area (Å²) < 4.78 is 4.63. The first kappa shape index (κ1) is 17.9. The van der Waals surface area contributed by atoms with Crippen molar-refractivity contribution < 1.29 is 19.1 Å². The van der Waals surface area contributed by atoms with Crippen LogP contribution in [0.2, 0.25) is 0 Å². The minimum atomic E-state index is -0.399. The predicted octanol–water partition coefficient (Wildman–Crippen LogP) is 2.98. The average Bonchev–Trinajstić information content (AvgIpc) is 2.65. The summed E-state index contributed by atoms with van der Waals surface area (Å²) >= 11 is 3.11. The molecule has 0 unspecified atom stereocenters. The molecule has 24 heavy (non-hydrogen) atoms.